The molecule has 0 atom stereocenters. The first-order chi connectivity index (χ1) is 19.4. The molecule has 4 heterocycles. The van der Waals surface area contributed by atoms with Gasteiger partial charge in [-0.2, -0.15) is 0 Å². The molecule has 1 fully saturated rings. The number of aryl methyl sites for hydroxylation is 1. The lowest BCUT2D eigenvalue weighted by molar-refractivity contribution is -0.126. The molecule has 3 aromatic heterocycles. The second kappa shape index (κ2) is 10.3. The van der Waals surface area contributed by atoms with Gasteiger partial charge >= 0.3 is 0 Å². The highest BCUT2D eigenvalue weighted by molar-refractivity contribution is 6.32. The predicted molar refractivity (Wildman–Crippen MR) is 147 cm³/mol. The van der Waals surface area contributed by atoms with E-state index >= 15 is 4.39 Å². The number of anilines is 3. The van der Waals surface area contributed by atoms with Crippen LogP contribution in [-0.2, 0) is 11.8 Å². The van der Waals surface area contributed by atoms with E-state index in [0.29, 0.717) is 54.4 Å². The molecular formula is C26H22ClFN10O2. The van der Waals surface area contributed by atoms with Gasteiger partial charge in [-0.1, -0.05) is 23.4 Å². The minimum absolute atomic E-state index is 0.0819. The summed E-state index contributed by atoms with van der Waals surface area (Å²) in [5.41, 5.74) is 2.44. The summed E-state index contributed by atoms with van der Waals surface area (Å²) in [6.45, 7) is 5.69. The molecule has 40 heavy (non-hydrogen) atoms. The number of hydrogen-bond donors (Lipinski definition) is 1. The van der Waals surface area contributed by atoms with Gasteiger partial charge < -0.3 is 19.9 Å². The van der Waals surface area contributed by atoms with Crippen molar-refractivity contribution in [3.8, 4) is 11.5 Å². The first kappa shape index (κ1) is 25.4. The average Bonchev–Trinajstić information content (AvgIpc) is 3.36. The van der Waals surface area contributed by atoms with Gasteiger partial charge in [0.25, 0.3) is 0 Å². The first-order valence-electron chi connectivity index (χ1n) is 12.3. The highest BCUT2D eigenvalue weighted by Crippen LogP contribution is 2.37. The van der Waals surface area contributed by atoms with Crippen LogP contribution in [0.5, 0.6) is 11.5 Å². The Morgan fingerprint density at radius 3 is 2.75 bits per heavy atom. The number of amides is 1. The van der Waals surface area contributed by atoms with Crippen molar-refractivity contribution in [3.63, 3.8) is 0 Å². The Morgan fingerprint density at radius 1 is 1.12 bits per heavy atom. The molecule has 1 aliphatic heterocycles. The lowest BCUT2D eigenvalue weighted by Crippen LogP contribution is -2.48. The molecule has 1 N–H and O–H groups in total. The fraction of sp³-hybridized carbons (Fsp3) is 0.192. The minimum atomic E-state index is -0.719. The fourth-order valence-corrected chi connectivity index (χ4v) is 4.59. The zero-order valence-corrected chi connectivity index (χ0v) is 22.0. The molecule has 202 valence electrons. The zero-order valence-electron chi connectivity index (χ0n) is 21.3. The van der Waals surface area contributed by atoms with E-state index in [2.05, 4.69) is 42.1 Å². The zero-order chi connectivity index (χ0) is 27.8. The number of piperazine rings is 1. The maximum atomic E-state index is 15.4. The molecular weight excluding hydrogens is 539 g/mol. The van der Waals surface area contributed by atoms with Crippen molar-refractivity contribution in [1.29, 1.82) is 0 Å². The molecule has 5 aromatic rings. The summed E-state index contributed by atoms with van der Waals surface area (Å²) in [6, 6.07) is 8.30. The van der Waals surface area contributed by atoms with Crippen molar-refractivity contribution in [2.45, 2.75) is 0 Å². The Balaban J connectivity index is 1.24. The van der Waals surface area contributed by atoms with E-state index in [9.17, 15) is 4.79 Å². The summed E-state index contributed by atoms with van der Waals surface area (Å²) in [5, 5.41) is 10.8. The van der Waals surface area contributed by atoms with Crippen molar-refractivity contribution in [2.24, 2.45) is 7.05 Å². The third-order valence-corrected chi connectivity index (χ3v) is 6.88. The smallest absolute Gasteiger partial charge is 0.246 e. The van der Waals surface area contributed by atoms with Crippen LogP contribution in [0.25, 0.3) is 22.1 Å². The monoisotopic (exact) mass is 560 g/mol. The molecule has 0 unspecified atom stereocenters. The number of halogens is 2. The molecule has 1 saturated heterocycles. The first-order valence-corrected chi connectivity index (χ1v) is 12.7. The summed E-state index contributed by atoms with van der Waals surface area (Å²) >= 11 is 6.36. The summed E-state index contributed by atoms with van der Waals surface area (Å²) in [4.78, 5) is 33.2. The number of fused-ring (bicyclic) bond motifs is 2. The molecule has 0 bridgehead atoms. The highest BCUT2D eigenvalue weighted by Gasteiger charge is 2.22. The summed E-state index contributed by atoms with van der Waals surface area (Å²) < 4.78 is 22.9. The molecule has 1 amide bonds. The molecule has 0 aliphatic carbocycles. The average molecular weight is 561 g/mol. The van der Waals surface area contributed by atoms with Gasteiger partial charge in [0, 0.05) is 39.3 Å². The molecule has 0 saturated carbocycles. The van der Waals surface area contributed by atoms with E-state index < -0.39 is 5.82 Å². The molecule has 0 spiro atoms. The predicted octanol–water partition coefficient (Wildman–Crippen LogP) is 3.86. The quantitative estimate of drug-likeness (QED) is 0.306. The van der Waals surface area contributed by atoms with Gasteiger partial charge in [0.05, 0.1) is 17.4 Å². The van der Waals surface area contributed by atoms with E-state index in [0.717, 1.165) is 5.52 Å². The van der Waals surface area contributed by atoms with E-state index in [1.165, 1.54) is 18.5 Å². The highest BCUT2D eigenvalue weighted by atomic mass is 35.5. The second-order valence-electron chi connectivity index (χ2n) is 8.97. The maximum Gasteiger partial charge on any atom is 0.246 e. The van der Waals surface area contributed by atoms with Gasteiger partial charge in [-0.15, -0.1) is 5.10 Å². The van der Waals surface area contributed by atoms with E-state index in [4.69, 9.17) is 16.3 Å². The number of benzene rings is 2. The Morgan fingerprint density at radius 2 is 1.95 bits per heavy atom. The summed E-state index contributed by atoms with van der Waals surface area (Å²) in [7, 11) is 1.79. The maximum absolute atomic E-state index is 15.4. The number of hydrogen-bond acceptors (Lipinski definition) is 10. The van der Waals surface area contributed by atoms with E-state index in [1.807, 2.05) is 11.0 Å². The summed E-state index contributed by atoms with van der Waals surface area (Å²) in [5.74, 6) is 0.491. The minimum Gasteiger partial charge on any atom is -0.456 e. The van der Waals surface area contributed by atoms with Gasteiger partial charge in [-0.25, -0.2) is 29.0 Å². The van der Waals surface area contributed by atoms with Gasteiger partial charge in [-0.3, -0.25) is 4.79 Å². The van der Waals surface area contributed by atoms with E-state index in [1.54, 1.807) is 41.0 Å². The van der Waals surface area contributed by atoms with Crippen LogP contribution in [0.2, 0.25) is 5.02 Å². The Labute approximate surface area is 232 Å². The van der Waals surface area contributed by atoms with Crippen molar-refractivity contribution in [1.82, 2.24) is 39.8 Å². The van der Waals surface area contributed by atoms with Crippen molar-refractivity contribution in [3.05, 3.63) is 66.4 Å². The van der Waals surface area contributed by atoms with Gasteiger partial charge in [-0.05, 0) is 30.3 Å². The number of ether oxygens (including phenoxy) is 1. The lowest BCUT2D eigenvalue weighted by atomic mass is 10.2. The standard InChI is InChI=1S/C26H22ClFN10O2/c1-3-21(39)37-8-10-38(11-9-37)26-29-13-18-24(33-26)25(31-14-30-18)32-16-5-7-20(22(27)23(16)28)40-15-4-6-19-17(12-15)34-35-36(19)2/h3-7,12-14H,1,8-11H2,2H3,(H,30,31,32). The number of nitrogens with one attached hydrogen (secondary N) is 1. The molecule has 2 aromatic carbocycles. The van der Waals surface area contributed by atoms with Crippen molar-refractivity contribution < 1.29 is 13.9 Å². The molecule has 0 radical (unpaired) electrons. The fourth-order valence-electron chi connectivity index (χ4n) is 4.39. The molecule has 12 nitrogen and oxygen atoms in total. The van der Waals surface area contributed by atoms with Gasteiger partial charge in [0.15, 0.2) is 11.6 Å². The normalized spacial score (nSPS) is 13.6. The van der Waals surface area contributed by atoms with Gasteiger partial charge in [0.2, 0.25) is 11.9 Å². The van der Waals surface area contributed by atoms with Crippen LogP contribution in [0.3, 0.4) is 0 Å². The summed E-state index contributed by atoms with van der Waals surface area (Å²) in [6.07, 6.45) is 4.23. The Bertz CT molecular complexity index is 1770. The van der Waals surface area contributed by atoms with Crippen molar-refractivity contribution in [2.75, 3.05) is 36.4 Å². The van der Waals surface area contributed by atoms with Gasteiger partial charge in [0.1, 0.15) is 39.4 Å². The van der Waals surface area contributed by atoms with Crippen molar-refractivity contribution >= 4 is 57.0 Å². The molecule has 1 aliphatic rings. The van der Waals surface area contributed by atoms with Crippen LogP contribution in [0.15, 0.2) is 55.5 Å². The number of carbonyl (C=O) groups excluding carboxylic acids is 1. The number of aromatic nitrogens is 7. The largest absolute Gasteiger partial charge is 0.456 e. The Hall–Kier alpha value is -4.91. The Kier molecular flexibility index (Phi) is 6.56. The van der Waals surface area contributed by atoms with Crippen LogP contribution < -0.4 is 15.0 Å². The van der Waals surface area contributed by atoms with Crippen LogP contribution in [0.4, 0.5) is 21.8 Å². The number of rotatable bonds is 6. The van der Waals surface area contributed by atoms with E-state index in [-0.39, 0.29) is 28.2 Å². The SMILES string of the molecule is C=CC(=O)N1CCN(c2ncc3ncnc(Nc4ccc(Oc5ccc6c(c5)nnn6C)c(Cl)c4F)c3n2)CC1. The topological polar surface area (TPSA) is 127 Å². The van der Waals surface area contributed by atoms with Crippen LogP contribution >= 0.6 is 11.6 Å². The lowest BCUT2D eigenvalue weighted by Gasteiger charge is -2.34. The second-order valence-corrected chi connectivity index (χ2v) is 9.35. The molecule has 6 rings (SSSR count). The number of nitrogens with zero attached hydrogens (tertiary/aromatic N) is 9. The third kappa shape index (κ3) is 4.71. The van der Waals surface area contributed by atoms with Crippen LogP contribution in [0.1, 0.15) is 0 Å². The van der Waals surface area contributed by atoms with Crippen LogP contribution in [0, 0.1) is 5.82 Å². The number of carbonyl (C=O) groups is 1. The third-order valence-electron chi connectivity index (χ3n) is 6.52. The van der Waals surface area contributed by atoms with Crippen LogP contribution in [-0.4, -0.2) is 71.9 Å². The molecule has 14 heteroatoms.